The van der Waals surface area contributed by atoms with Crippen LogP contribution in [0.25, 0.3) is 0 Å². The highest BCUT2D eigenvalue weighted by molar-refractivity contribution is 8.13. The van der Waals surface area contributed by atoms with Crippen LogP contribution in [-0.4, -0.2) is 22.6 Å². The van der Waals surface area contributed by atoms with E-state index < -0.39 is 19.1 Å². The van der Waals surface area contributed by atoms with Gasteiger partial charge in [0.05, 0.1) is 10.6 Å². The van der Waals surface area contributed by atoms with Crippen LogP contribution in [0, 0.1) is 0 Å². The van der Waals surface area contributed by atoms with Crippen molar-refractivity contribution in [1.82, 2.24) is 0 Å². The van der Waals surface area contributed by atoms with Crippen LogP contribution in [0.3, 0.4) is 0 Å². The Morgan fingerprint density at radius 1 is 1.17 bits per heavy atom. The molecule has 0 aliphatic rings. The van der Waals surface area contributed by atoms with Gasteiger partial charge in [-0.1, -0.05) is 6.92 Å². The molecule has 0 aliphatic carbocycles. The van der Waals surface area contributed by atoms with Gasteiger partial charge in [0.25, 0.3) is 9.05 Å². The van der Waals surface area contributed by atoms with Gasteiger partial charge < -0.3 is 0 Å². The average Bonchev–Trinajstić information content (AvgIpc) is 2.27. The van der Waals surface area contributed by atoms with Gasteiger partial charge in [0.2, 0.25) is 10.0 Å². The lowest BCUT2D eigenvalue weighted by Crippen LogP contribution is -2.15. The van der Waals surface area contributed by atoms with E-state index in [4.69, 9.17) is 10.7 Å². The molecule has 0 heterocycles. The molecule has 0 spiro atoms. The zero-order valence-electron chi connectivity index (χ0n) is 9.97. The van der Waals surface area contributed by atoms with Gasteiger partial charge in [-0.3, -0.25) is 4.72 Å². The van der Waals surface area contributed by atoms with Crippen LogP contribution >= 0.6 is 10.7 Å². The number of sulfonamides is 1. The number of nitrogens with one attached hydrogen (secondary N) is 1. The molecule has 0 atom stereocenters. The summed E-state index contributed by atoms with van der Waals surface area (Å²) >= 11 is 0. The topological polar surface area (TPSA) is 80.3 Å². The van der Waals surface area contributed by atoms with Gasteiger partial charge in [0, 0.05) is 16.4 Å². The summed E-state index contributed by atoms with van der Waals surface area (Å²) in [6.45, 7) is 3.28. The Hall–Kier alpha value is -0.790. The molecule has 0 fully saturated rings. The largest absolute Gasteiger partial charge is 0.284 e. The second kappa shape index (κ2) is 5.46. The molecule has 5 nitrogen and oxygen atoms in total. The summed E-state index contributed by atoms with van der Waals surface area (Å²) in [5, 5.41) is 0. The lowest BCUT2D eigenvalue weighted by Gasteiger charge is -2.10. The van der Waals surface area contributed by atoms with Gasteiger partial charge in [-0.25, -0.2) is 16.8 Å². The van der Waals surface area contributed by atoms with E-state index >= 15 is 0 Å². The smallest absolute Gasteiger partial charge is 0.261 e. The van der Waals surface area contributed by atoms with Gasteiger partial charge in [-0.2, -0.15) is 0 Å². The summed E-state index contributed by atoms with van der Waals surface area (Å²) in [4.78, 5) is 0.00566. The zero-order valence-corrected chi connectivity index (χ0v) is 12.4. The number of rotatable bonds is 5. The number of halogens is 1. The van der Waals surface area contributed by atoms with Crippen molar-refractivity contribution in [2.75, 3.05) is 10.5 Å². The van der Waals surface area contributed by atoms with Crippen molar-refractivity contribution >= 4 is 35.4 Å². The molecule has 18 heavy (non-hydrogen) atoms. The molecule has 0 saturated heterocycles. The van der Waals surface area contributed by atoms with Crippen molar-refractivity contribution < 1.29 is 16.8 Å². The monoisotopic (exact) mass is 311 g/mol. The lowest BCUT2D eigenvalue weighted by atomic mass is 10.1. The van der Waals surface area contributed by atoms with Crippen LogP contribution in [0.4, 0.5) is 5.69 Å². The molecule has 1 rings (SSSR count). The summed E-state index contributed by atoms with van der Waals surface area (Å²) < 4.78 is 47.7. The van der Waals surface area contributed by atoms with Crippen molar-refractivity contribution in [1.29, 1.82) is 0 Å². The predicted octanol–water partition coefficient (Wildman–Crippen LogP) is 1.94. The Kier molecular flexibility index (Phi) is 4.63. The molecular formula is C10H14ClNO4S2. The third-order valence-corrected chi connectivity index (χ3v) is 5.09. The van der Waals surface area contributed by atoms with E-state index in [1.807, 2.05) is 0 Å². The van der Waals surface area contributed by atoms with Crippen LogP contribution in [0.1, 0.15) is 19.4 Å². The van der Waals surface area contributed by atoms with Crippen LogP contribution in [-0.2, 0) is 25.5 Å². The fourth-order valence-corrected chi connectivity index (χ4v) is 3.24. The zero-order chi connectivity index (χ0) is 14.0. The number of benzene rings is 1. The molecule has 0 aromatic heterocycles. The van der Waals surface area contributed by atoms with Crippen LogP contribution in [0.5, 0.6) is 0 Å². The lowest BCUT2D eigenvalue weighted by molar-refractivity contribution is 0.602. The first-order valence-electron chi connectivity index (χ1n) is 5.27. The minimum absolute atomic E-state index is 0.00566. The molecule has 0 radical (unpaired) electrons. The fourth-order valence-electron chi connectivity index (χ4n) is 1.41. The SMILES string of the molecule is CCc1cc(NS(=O)(=O)CC)ccc1S(=O)(=O)Cl. The summed E-state index contributed by atoms with van der Waals surface area (Å²) in [6, 6.07) is 4.15. The van der Waals surface area contributed by atoms with Crippen molar-refractivity contribution in [3.05, 3.63) is 23.8 Å². The molecule has 0 amide bonds. The van der Waals surface area contributed by atoms with E-state index in [1.54, 1.807) is 6.92 Å². The maximum Gasteiger partial charge on any atom is 0.261 e. The Bertz CT molecular complexity index is 638. The van der Waals surface area contributed by atoms with Crippen molar-refractivity contribution in [3.8, 4) is 0 Å². The highest BCUT2D eigenvalue weighted by Crippen LogP contribution is 2.24. The molecule has 0 saturated carbocycles. The van der Waals surface area contributed by atoms with E-state index in [0.717, 1.165) is 0 Å². The minimum atomic E-state index is -3.82. The molecule has 1 N–H and O–H groups in total. The van der Waals surface area contributed by atoms with Crippen LogP contribution < -0.4 is 4.72 Å². The predicted molar refractivity (Wildman–Crippen MR) is 71.9 cm³/mol. The molecule has 8 heteroatoms. The first-order chi connectivity index (χ1) is 8.19. The molecule has 0 unspecified atom stereocenters. The number of hydrogen-bond donors (Lipinski definition) is 1. The Morgan fingerprint density at radius 2 is 1.78 bits per heavy atom. The number of anilines is 1. The van der Waals surface area contributed by atoms with E-state index in [9.17, 15) is 16.8 Å². The number of hydrogen-bond acceptors (Lipinski definition) is 4. The average molecular weight is 312 g/mol. The molecule has 0 bridgehead atoms. The summed E-state index contributed by atoms with van der Waals surface area (Å²) in [5.74, 6) is -0.0516. The van der Waals surface area contributed by atoms with Crippen molar-refractivity contribution in [3.63, 3.8) is 0 Å². The standard InChI is InChI=1S/C10H14ClNO4S2/c1-3-8-7-9(12-17(13,14)4-2)5-6-10(8)18(11,15)16/h5-7,12H,3-4H2,1-2H3. The Morgan fingerprint density at radius 3 is 2.22 bits per heavy atom. The van der Waals surface area contributed by atoms with E-state index in [2.05, 4.69) is 4.72 Å². The Balaban J connectivity index is 3.23. The minimum Gasteiger partial charge on any atom is -0.284 e. The maximum atomic E-state index is 11.4. The second-order valence-electron chi connectivity index (χ2n) is 3.62. The van der Waals surface area contributed by atoms with Gasteiger partial charge >= 0.3 is 0 Å². The molecule has 1 aromatic rings. The van der Waals surface area contributed by atoms with Gasteiger partial charge in [-0.15, -0.1) is 0 Å². The van der Waals surface area contributed by atoms with E-state index in [-0.39, 0.29) is 10.6 Å². The number of aryl methyl sites for hydroxylation is 1. The second-order valence-corrected chi connectivity index (χ2v) is 8.16. The first-order valence-corrected chi connectivity index (χ1v) is 9.24. The summed E-state index contributed by atoms with van der Waals surface area (Å²) in [5.41, 5.74) is 0.805. The molecule has 0 aliphatic heterocycles. The summed E-state index contributed by atoms with van der Waals surface area (Å²) in [6.07, 6.45) is 0.434. The van der Waals surface area contributed by atoms with Crippen molar-refractivity contribution in [2.45, 2.75) is 25.2 Å². The quantitative estimate of drug-likeness (QED) is 0.843. The molecule has 1 aromatic carbocycles. The first kappa shape index (κ1) is 15.3. The Labute approximate surface area is 112 Å². The third kappa shape index (κ3) is 3.86. The molecule has 102 valence electrons. The highest BCUT2D eigenvalue weighted by atomic mass is 35.7. The van der Waals surface area contributed by atoms with Crippen molar-refractivity contribution in [2.24, 2.45) is 0 Å². The maximum absolute atomic E-state index is 11.4. The van der Waals surface area contributed by atoms with E-state index in [1.165, 1.54) is 25.1 Å². The van der Waals surface area contributed by atoms with Gasteiger partial charge in [-0.05, 0) is 37.1 Å². The fraction of sp³-hybridized carbons (Fsp3) is 0.400. The van der Waals surface area contributed by atoms with Crippen LogP contribution in [0.15, 0.2) is 23.1 Å². The van der Waals surface area contributed by atoms with Gasteiger partial charge in [0.1, 0.15) is 0 Å². The summed E-state index contributed by atoms with van der Waals surface area (Å²) in [7, 11) is -1.91. The third-order valence-electron chi connectivity index (χ3n) is 2.36. The van der Waals surface area contributed by atoms with Gasteiger partial charge in [0.15, 0.2) is 0 Å². The highest BCUT2D eigenvalue weighted by Gasteiger charge is 2.16. The van der Waals surface area contributed by atoms with Crippen LogP contribution in [0.2, 0.25) is 0 Å². The van der Waals surface area contributed by atoms with E-state index in [0.29, 0.717) is 17.7 Å². The molecular weight excluding hydrogens is 298 g/mol. The normalized spacial score (nSPS) is 12.4.